The lowest BCUT2D eigenvalue weighted by molar-refractivity contribution is 0.103. The summed E-state index contributed by atoms with van der Waals surface area (Å²) in [5.41, 5.74) is 2.24. The van der Waals surface area contributed by atoms with Crippen molar-refractivity contribution >= 4 is 37.6 Å². The summed E-state index contributed by atoms with van der Waals surface area (Å²) >= 11 is 6.80. The van der Waals surface area contributed by atoms with Crippen molar-refractivity contribution < 1.29 is 9.53 Å². The molecular formula is C15H12Br2O2. The van der Waals surface area contributed by atoms with Crippen molar-refractivity contribution in [3.63, 3.8) is 0 Å². The van der Waals surface area contributed by atoms with E-state index in [1.165, 1.54) is 0 Å². The predicted molar refractivity (Wildman–Crippen MR) is 83.0 cm³/mol. The number of hydrogen-bond donors (Lipinski definition) is 0. The third kappa shape index (κ3) is 3.07. The molecule has 0 aliphatic rings. The molecule has 2 nitrogen and oxygen atoms in total. The first-order chi connectivity index (χ1) is 9.02. The maximum absolute atomic E-state index is 12.5. The summed E-state index contributed by atoms with van der Waals surface area (Å²) < 4.78 is 6.86. The zero-order valence-electron chi connectivity index (χ0n) is 10.5. The van der Waals surface area contributed by atoms with Crippen molar-refractivity contribution in [1.29, 1.82) is 0 Å². The molecule has 0 saturated heterocycles. The number of ether oxygens (including phenoxy) is 1. The van der Waals surface area contributed by atoms with Gasteiger partial charge in [0.25, 0.3) is 0 Å². The lowest BCUT2D eigenvalue weighted by atomic mass is 9.99. The Morgan fingerprint density at radius 2 is 1.74 bits per heavy atom. The maximum Gasteiger partial charge on any atom is 0.194 e. The monoisotopic (exact) mass is 382 g/mol. The van der Waals surface area contributed by atoms with E-state index in [4.69, 9.17) is 4.74 Å². The Morgan fingerprint density at radius 1 is 1.05 bits per heavy atom. The molecule has 0 bridgehead atoms. The van der Waals surface area contributed by atoms with Crippen LogP contribution in [0, 0.1) is 6.92 Å². The van der Waals surface area contributed by atoms with E-state index in [0.29, 0.717) is 11.1 Å². The van der Waals surface area contributed by atoms with Gasteiger partial charge in [-0.25, -0.2) is 0 Å². The van der Waals surface area contributed by atoms with Crippen molar-refractivity contribution in [2.45, 2.75) is 6.92 Å². The second-order valence-corrected chi connectivity index (χ2v) is 5.90. The maximum atomic E-state index is 12.5. The van der Waals surface area contributed by atoms with Crippen molar-refractivity contribution in [3.8, 4) is 5.75 Å². The Bertz CT molecular complexity index is 636. The van der Waals surface area contributed by atoms with Crippen LogP contribution in [0.15, 0.2) is 45.3 Å². The predicted octanol–water partition coefficient (Wildman–Crippen LogP) is 4.76. The zero-order chi connectivity index (χ0) is 14.0. The number of carbonyl (C=O) groups excluding carboxylic acids is 1. The van der Waals surface area contributed by atoms with Gasteiger partial charge in [-0.3, -0.25) is 4.79 Å². The summed E-state index contributed by atoms with van der Waals surface area (Å²) in [6.45, 7) is 1.91. The Balaban J connectivity index is 2.44. The first-order valence-corrected chi connectivity index (χ1v) is 7.26. The summed E-state index contributed by atoms with van der Waals surface area (Å²) in [5, 5.41) is 0. The average Bonchev–Trinajstić information content (AvgIpc) is 2.37. The van der Waals surface area contributed by atoms with Gasteiger partial charge >= 0.3 is 0 Å². The fourth-order valence-electron chi connectivity index (χ4n) is 1.84. The van der Waals surface area contributed by atoms with Crippen LogP contribution < -0.4 is 4.74 Å². The van der Waals surface area contributed by atoms with Gasteiger partial charge < -0.3 is 4.74 Å². The minimum Gasteiger partial charge on any atom is -0.497 e. The molecular weight excluding hydrogens is 372 g/mol. The van der Waals surface area contributed by atoms with E-state index in [9.17, 15) is 4.79 Å². The largest absolute Gasteiger partial charge is 0.497 e. The van der Waals surface area contributed by atoms with E-state index >= 15 is 0 Å². The van der Waals surface area contributed by atoms with Crippen molar-refractivity contribution in [2.75, 3.05) is 7.11 Å². The normalized spacial score (nSPS) is 10.3. The van der Waals surface area contributed by atoms with E-state index in [1.54, 1.807) is 25.3 Å². The smallest absolute Gasteiger partial charge is 0.194 e. The van der Waals surface area contributed by atoms with Gasteiger partial charge in [-0.15, -0.1) is 0 Å². The number of hydrogen-bond acceptors (Lipinski definition) is 2. The molecule has 2 rings (SSSR count). The Kier molecular flexibility index (Phi) is 4.42. The summed E-state index contributed by atoms with van der Waals surface area (Å²) in [4.78, 5) is 12.5. The zero-order valence-corrected chi connectivity index (χ0v) is 13.7. The summed E-state index contributed by atoms with van der Waals surface area (Å²) in [5.74, 6) is 0.753. The highest BCUT2D eigenvalue weighted by Crippen LogP contribution is 2.26. The summed E-state index contributed by atoms with van der Waals surface area (Å²) in [6, 6.07) is 11.0. The van der Waals surface area contributed by atoms with Crippen LogP contribution in [0.2, 0.25) is 0 Å². The fourth-order valence-corrected chi connectivity index (χ4v) is 3.06. The van der Waals surface area contributed by atoms with Gasteiger partial charge in [0.05, 0.1) is 7.11 Å². The van der Waals surface area contributed by atoms with Gasteiger partial charge in [0.1, 0.15) is 5.75 Å². The Labute approximate surface area is 129 Å². The topological polar surface area (TPSA) is 26.3 Å². The molecule has 0 spiro atoms. The van der Waals surface area contributed by atoms with Gasteiger partial charge in [0.2, 0.25) is 0 Å². The van der Waals surface area contributed by atoms with Crippen LogP contribution in [-0.2, 0) is 0 Å². The molecule has 98 valence electrons. The number of benzene rings is 2. The van der Waals surface area contributed by atoms with Crippen LogP contribution in [0.1, 0.15) is 21.5 Å². The fraction of sp³-hybridized carbons (Fsp3) is 0.133. The van der Waals surface area contributed by atoms with Gasteiger partial charge in [0.15, 0.2) is 5.78 Å². The van der Waals surface area contributed by atoms with Crippen LogP contribution in [0.25, 0.3) is 0 Å². The SMILES string of the molecule is COc1ccc(C(=O)c2ccc(Br)cc2Br)c(C)c1. The number of ketones is 1. The molecule has 2 aromatic rings. The molecule has 0 aromatic heterocycles. The van der Waals surface area contributed by atoms with Gasteiger partial charge in [0, 0.05) is 20.1 Å². The van der Waals surface area contributed by atoms with Crippen molar-refractivity contribution in [1.82, 2.24) is 0 Å². The number of aryl methyl sites for hydroxylation is 1. The van der Waals surface area contributed by atoms with Gasteiger partial charge in [-0.2, -0.15) is 0 Å². The first kappa shape index (κ1) is 14.3. The highest BCUT2D eigenvalue weighted by Gasteiger charge is 2.15. The van der Waals surface area contributed by atoms with E-state index in [1.807, 2.05) is 25.1 Å². The second-order valence-electron chi connectivity index (χ2n) is 4.13. The lowest BCUT2D eigenvalue weighted by Crippen LogP contribution is -2.04. The molecule has 4 heteroatoms. The van der Waals surface area contributed by atoms with Crippen LogP contribution in [0.5, 0.6) is 5.75 Å². The van der Waals surface area contributed by atoms with Crippen LogP contribution >= 0.6 is 31.9 Å². The molecule has 0 aliphatic heterocycles. The second kappa shape index (κ2) is 5.88. The molecule has 0 radical (unpaired) electrons. The summed E-state index contributed by atoms with van der Waals surface area (Å²) in [6.07, 6.45) is 0. The molecule has 2 aromatic carbocycles. The van der Waals surface area contributed by atoms with E-state index in [-0.39, 0.29) is 5.78 Å². The molecule has 0 fully saturated rings. The lowest BCUT2D eigenvalue weighted by Gasteiger charge is -2.09. The minimum atomic E-state index is -0.000437. The molecule has 19 heavy (non-hydrogen) atoms. The number of rotatable bonds is 3. The third-order valence-electron chi connectivity index (χ3n) is 2.85. The van der Waals surface area contributed by atoms with Crippen molar-refractivity contribution in [2.24, 2.45) is 0 Å². The molecule has 0 aliphatic carbocycles. The van der Waals surface area contributed by atoms with Crippen LogP contribution in [0.3, 0.4) is 0 Å². The highest BCUT2D eigenvalue weighted by molar-refractivity contribution is 9.11. The number of carbonyl (C=O) groups is 1. The molecule has 0 amide bonds. The van der Waals surface area contributed by atoms with E-state index in [2.05, 4.69) is 31.9 Å². The average molecular weight is 384 g/mol. The van der Waals surface area contributed by atoms with Crippen LogP contribution in [-0.4, -0.2) is 12.9 Å². The number of methoxy groups -OCH3 is 1. The summed E-state index contributed by atoms with van der Waals surface area (Å²) in [7, 11) is 1.61. The Morgan fingerprint density at radius 3 is 2.32 bits per heavy atom. The van der Waals surface area contributed by atoms with Gasteiger partial charge in [-0.05, 0) is 64.8 Å². The highest BCUT2D eigenvalue weighted by atomic mass is 79.9. The van der Waals surface area contributed by atoms with E-state index < -0.39 is 0 Å². The molecule has 0 N–H and O–H groups in total. The molecule has 0 heterocycles. The molecule has 0 atom stereocenters. The standard InChI is InChI=1S/C15H12Br2O2/c1-9-7-11(19-2)4-6-12(9)15(18)13-5-3-10(16)8-14(13)17/h3-8H,1-2H3. The molecule has 0 unspecified atom stereocenters. The minimum absolute atomic E-state index is 0.000437. The Hall–Kier alpha value is -1.13. The van der Waals surface area contributed by atoms with E-state index in [0.717, 1.165) is 20.3 Å². The van der Waals surface area contributed by atoms with Gasteiger partial charge in [-0.1, -0.05) is 15.9 Å². The van der Waals surface area contributed by atoms with Crippen molar-refractivity contribution in [3.05, 3.63) is 62.0 Å². The molecule has 0 saturated carbocycles. The third-order valence-corrected chi connectivity index (χ3v) is 4.00. The quantitative estimate of drug-likeness (QED) is 0.714. The van der Waals surface area contributed by atoms with Crippen LogP contribution in [0.4, 0.5) is 0 Å². The number of halogens is 2. The first-order valence-electron chi connectivity index (χ1n) is 5.67.